The van der Waals surface area contributed by atoms with Crippen molar-refractivity contribution < 1.29 is 5.11 Å². The lowest BCUT2D eigenvalue weighted by Crippen LogP contribution is -2.29. The molecular formula is C22H28N4O. The van der Waals surface area contributed by atoms with Gasteiger partial charge in [0.05, 0.1) is 23.7 Å². The highest BCUT2D eigenvalue weighted by Crippen LogP contribution is 2.13. The number of hydrogen-bond acceptors (Lipinski definition) is 5. The maximum atomic E-state index is 9.35. The number of pyridine rings is 2. The molecule has 27 heavy (non-hydrogen) atoms. The molecule has 0 radical (unpaired) electrons. The molecule has 3 heterocycles. The molecule has 0 aliphatic carbocycles. The highest BCUT2D eigenvalue weighted by molar-refractivity contribution is 5.89. The van der Waals surface area contributed by atoms with Crippen molar-refractivity contribution in [3.63, 3.8) is 0 Å². The van der Waals surface area contributed by atoms with E-state index in [9.17, 15) is 5.11 Å². The first kappa shape index (κ1) is 19.4. The largest absolute Gasteiger partial charge is 0.390 e. The summed E-state index contributed by atoms with van der Waals surface area (Å²) < 4.78 is 0. The van der Waals surface area contributed by atoms with Crippen LogP contribution in [0, 0.1) is 5.92 Å². The van der Waals surface area contributed by atoms with Gasteiger partial charge in [0.2, 0.25) is 0 Å². The number of aromatic nitrogens is 2. The van der Waals surface area contributed by atoms with Crippen LogP contribution < -0.4 is 0 Å². The monoisotopic (exact) mass is 364 g/mol. The van der Waals surface area contributed by atoms with Crippen LogP contribution in [0.3, 0.4) is 0 Å². The summed E-state index contributed by atoms with van der Waals surface area (Å²) in [4.78, 5) is 16.2. The van der Waals surface area contributed by atoms with Gasteiger partial charge >= 0.3 is 0 Å². The SMILES string of the molecule is CC(C)Cc1cccc(CN(CC2=NC=CC2)Cc2cccc(CO)n2)n1. The van der Waals surface area contributed by atoms with Crippen molar-refractivity contribution in [3.8, 4) is 0 Å². The Bertz CT molecular complexity index is 813. The average Bonchev–Trinajstić information content (AvgIpc) is 3.14. The van der Waals surface area contributed by atoms with Gasteiger partial charge in [-0.25, -0.2) is 0 Å². The van der Waals surface area contributed by atoms with Gasteiger partial charge < -0.3 is 5.11 Å². The van der Waals surface area contributed by atoms with Crippen molar-refractivity contribution in [2.75, 3.05) is 6.54 Å². The Kier molecular flexibility index (Phi) is 6.85. The van der Waals surface area contributed by atoms with Gasteiger partial charge in [0.25, 0.3) is 0 Å². The fourth-order valence-corrected chi connectivity index (χ4v) is 3.24. The van der Waals surface area contributed by atoms with Crippen LogP contribution in [0.4, 0.5) is 0 Å². The van der Waals surface area contributed by atoms with Crippen LogP contribution in [0.25, 0.3) is 0 Å². The predicted octanol–water partition coefficient (Wildman–Crippen LogP) is 3.53. The zero-order valence-corrected chi connectivity index (χ0v) is 16.2. The second-order valence-corrected chi connectivity index (χ2v) is 7.43. The van der Waals surface area contributed by atoms with Crippen LogP contribution in [-0.4, -0.2) is 32.2 Å². The average molecular weight is 364 g/mol. The smallest absolute Gasteiger partial charge is 0.0853 e. The number of aliphatic imine (C=N–C) groups is 1. The number of nitrogens with zero attached hydrogens (tertiary/aromatic N) is 4. The minimum atomic E-state index is -0.0384. The molecule has 0 saturated carbocycles. The number of aliphatic hydroxyl groups is 1. The Hall–Kier alpha value is -2.37. The summed E-state index contributed by atoms with van der Waals surface area (Å²) in [7, 11) is 0. The molecule has 0 unspecified atom stereocenters. The van der Waals surface area contributed by atoms with Crippen LogP contribution in [0.2, 0.25) is 0 Å². The topological polar surface area (TPSA) is 61.6 Å². The van der Waals surface area contributed by atoms with Gasteiger partial charge in [-0.3, -0.25) is 19.9 Å². The van der Waals surface area contributed by atoms with Crippen molar-refractivity contribution >= 4 is 5.71 Å². The molecular weight excluding hydrogens is 336 g/mol. The van der Waals surface area contributed by atoms with Crippen molar-refractivity contribution in [1.29, 1.82) is 0 Å². The Morgan fingerprint density at radius 3 is 2.15 bits per heavy atom. The van der Waals surface area contributed by atoms with Crippen molar-refractivity contribution in [2.24, 2.45) is 10.9 Å². The fourth-order valence-electron chi connectivity index (χ4n) is 3.24. The number of rotatable bonds is 9. The number of hydrogen-bond donors (Lipinski definition) is 1. The molecule has 1 aliphatic heterocycles. The Morgan fingerprint density at radius 2 is 1.56 bits per heavy atom. The van der Waals surface area contributed by atoms with E-state index in [0.717, 1.165) is 48.7 Å². The summed E-state index contributed by atoms with van der Waals surface area (Å²) in [5, 5.41) is 9.35. The lowest BCUT2D eigenvalue weighted by Gasteiger charge is -2.22. The standard InChI is InChI=1S/C22H28N4O/c1-17(2)12-18-6-3-7-20(24-18)14-26(13-19-10-5-11-23-19)15-21-8-4-9-22(16-27)25-21/h3-9,11,17,27H,10,12-16H2,1-2H3. The minimum absolute atomic E-state index is 0.0384. The van der Waals surface area contributed by atoms with Crippen LogP contribution >= 0.6 is 0 Å². The Labute approximate surface area is 161 Å². The molecule has 0 atom stereocenters. The normalized spacial score (nSPS) is 13.6. The van der Waals surface area contributed by atoms with Gasteiger partial charge in [-0.1, -0.05) is 32.1 Å². The van der Waals surface area contributed by atoms with E-state index in [1.54, 1.807) is 0 Å². The molecule has 0 saturated heterocycles. The van der Waals surface area contributed by atoms with Gasteiger partial charge in [-0.05, 0) is 36.6 Å². The van der Waals surface area contributed by atoms with E-state index in [0.29, 0.717) is 18.2 Å². The minimum Gasteiger partial charge on any atom is -0.390 e. The highest BCUT2D eigenvalue weighted by atomic mass is 16.3. The third kappa shape index (κ3) is 6.08. The van der Waals surface area contributed by atoms with E-state index >= 15 is 0 Å². The van der Waals surface area contributed by atoms with E-state index in [1.807, 2.05) is 24.4 Å². The molecule has 1 aliphatic rings. The van der Waals surface area contributed by atoms with Gasteiger partial charge in [0.1, 0.15) is 0 Å². The molecule has 0 amide bonds. The molecule has 142 valence electrons. The van der Waals surface area contributed by atoms with Crippen molar-refractivity contribution in [3.05, 3.63) is 71.4 Å². The Morgan fingerprint density at radius 1 is 0.926 bits per heavy atom. The van der Waals surface area contributed by atoms with E-state index in [1.165, 1.54) is 0 Å². The first-order chi connectivity index (χ1) is 13.1. The fraction of sp³-hybridized carbons (Fsp3) is 0.409. The van der Waals surface area contributed by atoms with E-state index < -0.39 is 0 Å². The zero-order valence-electron chi connectivity index (χ0n) is 16.2. The van der Waals surface area contributed by atoms with Crippen LogP contribution in [0.1, 0.15) is 43.0 Å². The molecule has 0 spiro atoms. The third-order valence-corrected chi connectivity index (χ3v) is 4.40. The van der Waals surface area contributed by atoms with Gasteiger partial charge in [-0.2, -0.15) is 0 Å². The van der Waals surface area contributed by atoms with Crippen molar-refractivity contribution in [2.45, 2.75) is 46.4 Å². The summed E-state index contributed by atoms with van der Waals surface area (Å²) in [5.74, 6) is 0.591. The quantitative estimate of drug-likeness (QED) is 0.739. The maximum Gasteiger partial charge on any atom is 0.0853 e. The number of aliphatic hydroxyl groups excluding tert-OH is 1. The molecule has 5 heteroatoms. The van der Waals surface area contributed by atoms with Crippen LogP contribution in [0.5, 0.6) is 0 Å². The predicted molar refractivity (Wildman–Crippen MR) is 108 cm³/mol. The van der Waals surface area contributed by atoms with Gasteiger partial charge in [0, 0.05) is 43.7 Å². The lowest BCUT2D eigenvalue weighted by atomic mass is 10.1. The number of allylic oxidation sites excluding steroid dienone is 1. The Balaban J connectivity index is 1.75. The third-order valence-electron chi connectivity index (χ3n) is 4.40. The maximum absolute atomic E-state index is 9.35. The second kappa shape index (κ2) is 9.53. The van der Waals surface area contributed by atoms with E-state index in [2.05, 4.69) is 53.0 Å². The van der Waals surface area contributed by atoms with E-state index in [-0.39, 0.29) is 6.61 Å². The zero-order chi connectivity index (χ0) is 19.1. The second-order valence-electron chi connectivity index (χ2n) is 7.43. The van der Waals surface area contributed by atoms with Gasteiger partial charge in [-0.15, -0.1) is 0 Å². The lowest BCUT2D eigenvalue weighted by molar-refractivity contribution is 0.271. The molecule has 0 aromatic carbocycles. The molecule has 0 bridgehead atoms. The molecule has 2 aromatic heterocycles. The molecule has 2 aromatic rings. The summed E-state index contributed by atoms with van der Waals surface area (Å²) in [6, 6.07) is 12.1. The summed E-state index contributed by atoms with van der Waals surface area (Å²) in [6.07, 6.45) is 5.85. The summed E-state index contributed by atoms with van der Waals surface area (Å²) in [6.45, 7) is 6.62. The first-order valence-electron chi connectivity index (χ1n) is 9.56. The van der Waals surface area contributed by atoms with Gasteiger partial charge in [0.15, 0.2) is 0 Å². The molecule has 0 fully saturated rings. The summed E-state index contributed by atoms with van der Waals surface area (Å²) in [5.41, 5.74) is 5.02. The molecule has 1 N–H and O–H groups in total. The summed E-state index contributed by atoms with van der Waals surface area (Å²) >= 11 is 0. The highest BCUT2D eigenvalue weighted by Gasteiger charge is 2.14. The van der Waals surface area contributed by atoms with Crippen molar-refractivity contribution in [1.82, 2.24) is 14.9 Å². The first-order valence-corrected chi connectivity index (χ1v) is 9.56. The molecule has 5 nitrogen and oxygen atoms in total. The van der Waals surface area contributed by atoms with Crippen LogP contribution in [0.15, 0.2) is 53.7 Å². The van der Waals surface area contributed by atoms with Crippen LogP contribution in [-0.2, 0) is 26.1 Å². The van der Waals surface area contributed by atoms with E-state index in [4.69, 9.17) is 4.98 Å². The molecule has 3 rings (SSSR count).